The van der Waals surface area contributed by atoms with Gasteiger partial charge in [-0.25, -0.2) is 0 Å². The Bertz CT molecular complexity index is 396. The first-order chi connectivity index (χ1) is 8.83. The quantitative estimate of drug-likeness (QED) is 0.859. The molecule has 1 heterocycles. The predicted molar refractivity (Wildman–Crippen MR) is 73.3 cm³/mol. The van der Waals surface area contributed by atoms with Crippen LogP contribution in [-0.2, 0) is 0 Å². The van der Waals surface area contributed by atoms with E-state index < -0.39 is 0 Å². The minimum absolute atomic E-state index is 0.0132. The lowest BCUT2D eigenvalue weighted by Crippen LogP contribution is -2.30. The zero-order valence-electron chi connectivity index (χ0n) is 11.0. The highest BCUT2D eigenvalue weighted by molar-refractivity contribution is 5.20. The van der Waals surface area contributed by atoms with Crippen LogP contribution in [0.1, 0.15) is 24.3 Å². The molecule has 0 radical (unpaired) electrons. The first-order valence-electron chi connectivity index (χ1n) is 6.67. The fraction of sp³-hybridized carbons (Fsp3) is 0.533. The lowest BCUT2D eigenvalue weighted by atomic mass is 9.99. The second-order valence-corrected chi connectivity index (χ2v) is 4.96. The molecule has 3 heteroatoms. The van der Waals surface area contributed by atoms with Gasteiger partial charge >= 0.3 is 0 Å². The molecule has 1 aromatic carbocycles. The standard InChI is InChI=1S/C15H21N3/c1-17-15(11-16)8-10-18-9-7-14(12-18)13-5-3-2-4-6-13/h2-6,14-15,17H,7-10,12H2,1H3. The van der Waals surface area contributed by atoms with Crippen molar-refractivity contribution in [2.75, 3.05) is 26.7 Å². The molecule has 0 aliphatic carbocycles. The molecule has 1 aliphatic rings. The van der Waals surface area contributed by atoms with Crippen LogP contribution in [0, 0.1) is 11.3 Å². The van der Waals surface area contributed by atoms with E-state index in [1.807, 2.05) is 7.05 Å². The fourth-order valence-corrected chi connectivity index (χ4v) is 2.62. The van der Waals surface area contributed by atoms with Crippen LogP contribution < -0.4 is 5.32 Å². The maximum Gasteiger partial charge on any atom is 0.0962 e. The van der Waals surface area contributed by atoms with Crippen molar-refractivity contribution in [1.82, 2.24) is 10.2 Å². The molecule has 0 amide bonds. The average molecular weight is 243 g/mol. The summed E-state index contributed by atoms with van der Waals surface area (Å²) in [7, 11) is 1.85. The maximum absolute atomic E-state index is 8.90. The molecule has 2 rings (SSSR count). The molecule has 96 valence electrons. The summed E-state index contributed by atoms with van der Waals surface area (Å²) < 4.78 is 0. The van der Waals surface area contributed by atoms with Gasteiger partial charge in [-0.05, 0) is 37.9 Å². The van der Waals surface area contributed by atoms with Crippen LogP contribution in [0.4, 0.5) is 0 Å². The molecule has 1 N–H and O–H groups in total. The number of hydrogen-bond donors (Lipinski definition) is 1. The largest absolute Gasteiger partial charge is 0.305 e. The van der Waals surface area contributed by atoms with Crippen LogP contribution in [0.25, 0.3) is 0 Å². The van der Waals surface area contributed by atoms with Crippen LogP contribution >= 0.6 is 0 Å². The molecule has 1 fully saturated rings. The van der Waals surface area contributed by atoms with Gasteiger partial charge in [0, 0.05) is 13.1 Å². The smallest absolute Gasteiger partial charge is 0.0962 e. The summed E-state index contributed by atoms with van der Waals surface area (Å²) in [4.78, 5) is 2.47. The number of benzene rings is 1. The van der Waals surface area contributed by atoms with Gasteiger partial charge in [-0.1, -0.05) is 30.3 Å². The monoisotopic (exact) mass is 243 g/mol. The third-order valence-electron chi connectivity index (χ3n) is 3.78. The number of rotatable bonds is 5. The number of nitriles is 1. The van der Waals surface area contributed by atoms with Gasteiger partial charge in [-0.2, -0.15) is 5.26 Å². The summed E-state index contributed by atoms with van der Waals surface area (Å²) in [6.07, 6.45) is 2.15. The topological polar surface area (TPSA) is 39.1 Å². The minimum Gasteiger partial charge on any atom is -0.305 e. The highest BCUT2D eigenvalue weighted by Gasteiger charge is 2.23. The van der Waals surface area contributed by atoms with Crippen LogP contribution in [0.15, 0.2) is 30.3 Å². The van der Waals surface area contributed by atoms with Gasteiger partial charge < -0.3 is 10.2 Å². The predicted octanol–water partition coefficient (Wildman–Crippen LogP) is 1.98. The van der Waals surface area contributed by atoms with Crippen molar-refractivity contribution in [2.45, 2.75) is 24.8 Å². The summed E-state index contributed by atoms with van der Waals surface area (Å²) >= 11 is 0. The average Bonchev–Trinajstić information content (AvgIpc) is 2.90. The van der Waals surface area contributed by atoms with E-state index >= 15 is 0 Å². The molecule has 2 unspecified atom stereocenters. The van der Waals surface area contributed by atoms with Crippen LogP contribution in [0.2, 0.25) is 0 Å². The Hall–Kier alpha value is -1.37. The molecule has 1 aliphatic heterocycles. The Labute approximate surface area is 109 Å². The third-order valence-corrected chi connectivity index (χ3v) is 3.78. The van der Waals surface area contributed by atoms with Gasteiger partial charge in [0.1, 0.15) is 0 Å². The highest BCUT2D eigenvalue weighted by Crippen LogP contribution is 2.26. The van der Waals surface area contributed by atoms with Gasteiger partial charge in [0.15, 0.2) is 0 Å². The van der Waals surface area contributed by atoms with Crippen molar-refractivity contribution in [1.29, 1.82) is 5.26 Å². The Morgan fingerprint density at radius 3 is 2.89 bits per heavy atom. The fourth-order valence-electron chi connectivity index (χ4n) is 2.62. The Morgan fingerprint density at radius 1 is 1.44 bits per heavy atom. The van der Waals surface area contributed by atoms with Gasteiger partial charge in [-0.15, -0.1) is 0 Å². The summed E-state index contributed by atoms with van der Waals surface area (Å²) in [6, 6.07) is 13.0. The molecule has 1 saturated heterocycles. The van der Waals surface area contributed by atoms with Crippen molar-refractivity contribution in [3.05, 3.63) is 35.9 Å². The highest BCUT2D eigenvalue weighted by atomic mass is 15.1. The van der Waals surface area contributed by atoms with E-state index in [1.165, 1.54) is 12.0 Å². The van der Waals surface area contributed by atoms with Crippen LogP contribution in [0.5, 0.6) is 0 Å². The van der Waals surface area contributed by atoms with Crippen LogP contribution in [0.3, 0.4) is 0 Å². The van der Waals surface area contributed by atoms with E-state index in [1.54, 1.807) is 0 Å². The SMILES string of the molecule is CNC(C#N)CCN1CCC(c2ccccc2)C1. The van der Waals surface area contributed by atoms with E-state index in [2.05, 4.69) is 46.6 Å². The summed E-state index contributed by atoms with van der Waals surface area (Å²) in [5.41, 5.74) is 1.45. The number of nitrogens with one attached hydrogen (secondary N) is 1. The molecule has 0 aromatic heterocycles. The molecule has 1 aromatic rings. The molecule has 0 saturated carbocycles. The molecule has 18 heavy (non-hydrogen) atoms. The first-order valence-corrected chi connectivity index (χ1v) is 6.67. The Kier molecular flexibility index (Phi) is 4.74. The van der Waals surface area contributed by atoms with Gasteiger partial charge in [-0.3, -0.25) is 0 Å². The Morgan fingerprint density at radius 2 is 2.22 bits per heavy atom. The lowest BCUT2D eigenvalue weighted by Gasteiger charge is -2.17. The summed E-state index contributed by atoms with van der Waals surface area (Å²) in [5.74, 6) is 0.668. The molecule has 3 nitrogen and oxygen atoms in total. The van der Waals surface area contributed by atoms with E-state index in [0.717, 1.165) is 26.1 Å². The van der Waals surface area contributed by atoms with Crippen molar-refractivity contribution >= 4 is 0 Å². The van der Waals surface area contributed by atoms with E-state index in [4.69, 9.17) is 5.26 Å². The maximum atomic E-state index is 8.90. The number of likely N-dealkylation sites (tertiary alicyclic amines) is 1. The zero-order valence-corrected chi connectivity index (χ0v) is 11.0. The number of nitrogens with zero attached hydrogens (tertiary/aromatic N) is 2. The second-order valence-electron chi connectivity index (χ2n) is 4.96. The van der Waals surface area contributed by atoms with Crippen molar-refractivity contribution in [3.63, 3.8) is 0 Å². The van der Waals surface area contributed by atoms with E-state index in [-0.39, 0.29) is 6.04 Å². The van der Waals surface area contributed by atoms with Gasteiger partial charge in [0.05, 0.1) is 12.1 Å². The van der Waals surface area contributed by atoms with E-state index in [0.29, 0.717) is 5.92 Å². The molecule has 2 atom stereocenters. The molecular formula is C15H21N3. The molecule has 0 bridgehead atoms. The Balaban J connectivity index is 1.81. The molecule has 0 spiro atoms. The van der Waals surface area contributed by atoms with Crippen molar-refractivity contribution < 1.29 is 0 Å². The van der Waals surface area contributed by atoms with Crippen LogP contribution in [-0.4, -0.2) is 37.6 Å². The zero-order chi connectivity index (χ0) is 12.8. The second kappa shape index (κ2) is 6.53. The third kappa shape index (κ3) is 3.32. The summed E-state index contributed by atoms with van der Waals surface area (Å²) in [6.45, 7) is 3.30. The molecular weight excluding hydrogens is 222 g/mol. The lowest BCUT2D eigenvalue weighted by molar-refractivity contribution is 0.320. The minimum atomic E-state index is -0.0132. The van der Waals surface area contributed by atoms with Crippen molar-refractivity contribution in [3.8, 4) is 6.07 Å². The van der Waals surface area contributed by atoms with Gasteiger partial charge in [0.2, 0.25) is 0 Å². The first kappa shape index (κ1) is 13.1. The normalized spacial score (nSPS) is 21.7. The number of hydrogen-bond acceptors (Lipinski definition) is 3. The van der Waals surface area contributed by atoms with Crippen molar-refractivity contribution in [2.24, 2.45) is 0 Å². The van der Waals surface area contributed by atoms with E-state index in [9.17, 15) is 0 Å². The summed E-state index contributed by atoms with van der Waals surface area (Å²) in [5, 5.41) is 11.9. The van der Waals surface area contributed by atoms with Gasteiger partial charge in [0.25, 0.3) is 0 Å².